The molecule has 4 atom stereocenters. The van der Waals surface area contributed by atoms with Gasteiger partial charge in [0.25, 0.3) is 0 Å². The highest BCUT2D eigenvalue weighted by atomic mass is 16.6. The van der Waals surface area contributed by atoms with Crippen LogP contribution in [0.2, 0.25) is 0 Å². The van der Waals surface area contributed by atoms with E-state index in [-0.39, 0.29) is 24.4 Å². The number of allylic oxidation sites excluding steroid dienone is 2. The fraction of sp³-hybridized carbons (Fsp3) is 0.474. The topological polar surface area (TPSA) is 96.0 Å². The van der Waals surface area contributed by atoms with Crippen LogP contribution in [0.3, 0.4) is 0 Å². The summed E-state index contributed by atoms with van der Waals surface area (Å²) in [4.78, 5) is 46.8. The third-order valence-electron chi connectivity index (χ3n) is 3.76. The predicted molar refractivity (Wildman–Crippen MR) is 93.1 cm³/mol. The second kappa shape index (κ2) is 10.5. The quantitative estimate of drug-likeness (QED) is 0.349. The molecule has 0 aromatic carbocycles. The predicted octanol–water partition coefficient (Wildman–Crippen LogP) is 1.71. The van der Waals surface area contributed by atoms with E-state index in [1.54, 1.807) is 19.9 Å². The lowest BCUT2D eigenvalue weighted by Crippen LogP contribution is -2.40. The van der Waals surface area contributed by atoms with Crippen molar-refractivity contribution in [3.05, 3.63) is 36.5 Å². The number of rotatable bonds is 9. The molecule has 0 amide bonds. The summed E-state index contributed by atoms with van der Waals surface area (Å²) in [5, 5.41) is 0. The van der Waals surface area contributed by atoms with E-state index in [4.69, 9.17) is 14.2 Å². The molecule has 1 rings (SSSR count). The van der Waals surface area contributed by atoms with E-state index in [1.807, 2.05) is 0 Å². The Hall–Kier alpha value is -2.54. The largest absolute Gasteiger partial charge is 0.465 e. The summed E-state index contributed by atoms with van der Waals surface area (Å²) in [5.74, 6) is -2.39. The van der Waals surface area contributed by atoms with E-state index in [9.17, 15) is 19.2 Å². The second-order valence-corrected chi connectivity index (χ2v) is 5.71. The first-order valence-electron chi connectivity index (χ1n) is 8.33. The second-order valence-electron chi connectivity index (χ2n) is 5.71. The van der Waals surface area contributed by atoms with E-state index in [2.05, 4.69) is 6.58 Å². The Bertz CT molecular complexity index is 617. The van der Waals surface area contributed by atoms with E-state index < -0.39 is 36.2 Å². The summed E-state index contributed by atoms with van der Waals surface area (Å²) in [6.45, 7) is 8.16. The van der Waals surface area contributed by atoms with Crippen LogP contribution in [0.4, 0.5) is 0 Å². The molecule has 26 heavy (non-hydrogen) atoms. The van der Waals surface area contributed by atoms with Gasteiger partial charge in [-0.05, 0) is 19.9 Å². The van der Waals surface area contributed by atoms with Crippen molar-refractivity contribution >= 4 is 24.0 Å². The molecule has 1 aliphatic heterocycles. The molecule has 0 spiro atoms. The minimum Gasteiger partial charge on any atom is -0.465 e. The Labute approximate surface area is 152 Å². The van der Waals surface area contributed by atoms with Gasteiger partial charge in [-0.25, -0.2) is 0 Å². The monoisotopic (exact) mass is 364 g/mol. The van der Waals surface area contributed by atoms with E-state index in [0.29, 0.717) is 6.29 Å². The van der Waals surface area contributed by atoms with Gasteiger partial charge < -0.3 is 14.2 Å². The highest BCUT2D eigenvalue weighted by molar-refractivity contribution is 5.99. The molecule has 7 heteroatoms. The first-order valence-corrected chi connectivity index (χ1v) is 8.33. The third-order valence-corrected chi connectivity index (χ3v) is 3.76. The minimum atomic E-state index is -0.934. The zero-order chi connectivity index (χ0) is 19.7. The highest BCUT2D eigenvalue weighted by Crippen LogP contribution is 2.25. The number of esters is 2. The highest BCUT2D eigenvalue weighted by Gasteiger charge is 2.36. The SMILES string of the molecule is C=C/C=C/[C@H](C(=O)OCC)[C@@H](C[C@@H]1O[C@@H](C)C(=O)C=C1C=O)OC(C)=O. The average Bonchev–Trinajstić information content (AvgIpc) is 2.57. The van der Waals surface area contributed by atoms with Gasteiger partial charge >= 0.3 is 11.9 Å². The van der Waals surface area contributed by atoms with Crippen LogP contribution in [-0.4, -0.2) is 48.9 Å². The van der Waals surface area contributed by atoms with Crippen molar-refractivity contribution < 1.29 is 33.4 Å². The van der Waals surface area contributed by atoms with Crippen molar-refractivity contribution in [3.8, 4) is 0 Å². The molecule has 0 aromatic rings. The number of hydrogen-bond donors (Lipinski definition) is 0. The molecule has 142 valence electrons. The number of hydrogen-bond acceptors (Lipinski definition) is 7. The Morgan fingerprint density at radius 3 is 2.65 bits per heavy atom. The molecule has 0 radical (unpaired) electrons. The van der Waals surface area contributed by atoms with Crippen LogP contribution in [0.15, 0.2) is 36.5 Å². The van der Waals surface area contributed by atoms with Crippen LogP contribution in [0.1, 0.15) is 27.2 Å². The Morgan fingerprint density at radius 2 is 2.12 bits per heavy atom. The number of carbonyl (C=O) groups is 4. The molecule has 0 aliphatic carbocycles. The molecule has 0 bridgehead atoms. The third kappa shape index (κ3) is 6.07. The van der Waals surface area contributed by atoms with Crippen LogP contribution >= 0.6 is 0 Å². The van der Waals surface area contributed by atoms with Crippen LogP contribution in [-0.2, 0) is 33.4 Å². The molecular weight excluding hydrogens is 340 g/mol. The maximum absolute atomic E-state index is 12.3. The van der Waals surface area contributed by atoms with Crippen molar-refractivity contribution in [2.75, 3.05) is 6.61 Å². The van der Waals surface area contributed by atoms with Crippen molar-refractivity contribution in [2.24, 2.45) is 5.92 Å². The molecule has 0 N–H and O–H groups in total. The molecular formula is C19H24O7. The zero-order valence-electron chi connectivity index (χ0n) is 15.2. The molecule has 0 aromatic heterocycles. The molecule has 1 aliphatic rings. The molecule has 0 saturated heterocycles. The first kappa shape index (κ1) is 21.5. The summed E-state index contributed by atoms with van der Waals surface area (Å²) >= 11 is 0. The minimum absolute atomic E-state index is 0.0206. The summed E-state index contributed by atoms with van der Waals surface area (Å²) in [7, 11) is 0. The van der Waals surface area contributed by atoms with Crippen molar-refractivity contribution in [1.29, 1.82) is 0 Å². The van der Waals surface area contributed by atoms with E-state index >= 15 is 0 Å². The number of carbonyl (C=O) groups excluding carboxylic acids is 4. The molecule has 0 fully saturated rings. The molecule has 0 unspecified atom stereocenters. The van der Waals surface area contributed by atoms with Crippen molar-refractivity contribution in [3.63, 3.8) is 0 Å². The molecule has 0 saturated carbocycles. The van der Waals surface area contributed by atoms with Gasteiger partial charge in [-0.15, -0.1) is 0 Å². The average molecular weight is 364 g/mol. The van der Waals surface area contributed by atoms with E-state index in [1.165, 1.54) is 25.2 Å². The maximum atomic E-state index is 12.3. The van der Waals surface area contributed by atoms with Gasteiger partial charge in [0.15, 0.2) is 5.78 Å². The number of ketones is 1. The van der Waals surface area contributed by atoms with Gasteiger partial charge in [0.05, 0.1) is 12.7 Å². The summed E-state index contributed by atoms with van der Waals surface area (Å²) in [6, 6.07) is 0. The van der Waals surface area contributed by atoms with Gasteiger partial charge in [-0.3, -0.25) is 19.2 Å². The normalized spacial score (nSPS) is 22.3. The van der Waals surface area contributed by atoms with Crippen molar-refractivity contribution in [2.45, 2.75) is 45.5 Å². The van der Waals surface area contributed by atoms with Crippen LogP contribution in [0, 0.1) is 5.92 Å². The molecule has 7 nitrogen and oxygen atoms in total. The lowest BCUT2D eigenvalue weighted by Gasteiger charge is -2.30. The lowest BCUT2D eigenvalue weighted by molar-refractivity contribution is -0.160. The van der Waals surface area contributed by atoms with Crippen LogP contribution in [0.5, 0.6) is 0 Å². The Balaban J connectivity index is 3.15. The van der Waals surface area contributed by atoms with Crippen molar-refractivity contribution in [1.82, 2.24) is 0 Å². The Morgan fingerprint density at radius 1 is 1.42 bits per heavy atom. The van der Waals surface area contributed by atoms with Crippen LogP contribution < -0.4 is 0 Å². The fourth-order valence-electron chi connectivity index (χ4n) is 2.55. The summed E-state index contributed by atoms with van der Waals surface area (Å²) < 4.78 is 15.9. The smallest absolute Gasteiger partial charge is 0.316 e. The lowest BCUT2D eigenvalue weighted by atomic mass is 9.91. The molecule has 1 heterocycles. The Kier molecular flexibility index (Phi) is 8.64. The number of ether oxygens (including phenoxy) is 3. The van der Waals surface area contributed by atoms with Gasteiger partial charge in [0.2, 0.25) is 0 Å². The summed E-state index contributed by atoms with van der Waals surface area (Å²) in [5.41, 5.74) is 0.139. The van der Waals surface area contributed by atoms with E-state index in [0.717, 1.165) is 0 Å². The number of aldehydes is 1. The van der Waals surface area contributed by atoms with Gasteiger partial charge in [0, 0.05) is 18.9 Å². The standard InChI is InChI=1S/C19H24O7/c1-5-7-8-15(19(23)24-6-2)18(26-13(4)21)10-17-14(11-20)9-16(22)12(3)25-17/h5,7-9,11-12,15,17-18H,1,6,10H2,2-4H3/b8-7+/t12-,15-,17-,18+/m0/s1. The van der Waals surface area contributed by atoms with Gasteiger partial charge in [0.1, 0.15) is 24.4 Å². The maximum Gasteiger partial charge on any atom is 0.316 e. The summed E-state index contributed by atoms with van der Waals surface area (Å²) in [6.07, 6.45) is 3.86. The first-order chi connectivity index (χ1) is 12.3. The van der Waals surface area contributed by atoms with Crippen LogP contribution in [0.25, 0.3) is 0 Å². The van der Waals surface area contributed by atoms with Gasteiger partial charge in [-0.2, -0.15) is 0 Å². The van der Waals surface area contributed by atoms with Gasteiger partial charge in [-0.1, -0.05) is 24.8 Å². The fourth-order valence-corrected chi connectivity index (χ4v) is 2.55. The zero-order valence-corrected chi connectivity index (χ0v) is 15.2.